The van der Waals surface area contributed by atoms with Gasteiger partial charge in [-0.05, 0) is 36.6 Å². The van der Waals surface area contributed by atoms with Crippen molar-refractivity contribution in [3.8, 4) is 5.75 Å². The number of ether oxygens (including phenoxy) is 2. The van der Waals surface area contributed by atoms with Crippen molar-refractivity contribution in [3.05, 3.63) is 52.7 Å². The number of alkyl halides is 3. The maximum absolute atomic E-state index is 12.7. The predicted octanol–water partition coefficient (Wildman–Crippen LogP) is 4.72. The van der Waals surface area contributed by atoms with Crippen LogP contribution in [0.4, 0.5) is 19.0 Å². The smallest absolute Gasteiger partial charge is 0.417 e. The van der Waals surface area contributed by atoms with Crippen LogP contribution < -0.4 is 9.64 Å². The molecule has 0 bridgehead atoms. The Morgan fingerprint density at radius 1 is 1.28 bits per heavy atom. The molecule has 0 amide bonds. The van der Waals surface area contributed by atoms with Crippen LogP contribution in [-0.4, -0.2) is 31.2 Å². The number of rotatable bonds is 5. The molecule has 0 atom stereocenters. The third kappa shape index (κ3) is 5.32. The molecule has 156 valence electrons. The minimum absolute atomic E-state index is 0.0566. The number of pyridine rings is 1. The zero-order valence-corrected chi connectivity index (χ0v) is 16.5. The number of carbonyl (C=O) groups is 1. The molecular weight excluding hydrogens is 409 g/mol. The van der Waals surface area contributed by atoms with E-state index >= 15 is 0 Å². The average Bonchev–Trinajstić information content (AvgIpc) is 2.71. The molecule has 2 heterocycles. The molecule has 9 heteroatoms. The molecule has 1 aliphatic rings. The highest BCUT2D eigenvalue weighted by Crippen LogP contribution is 2.34. The molecule has 5 nitrogen and oxygen atoms in total. The number of methoxy groups -OCH3 is 1. The van der Waals surface area contributed by atoms with Gasteiger partial charge in [0, 0.05) is 19.3 Å². The number of benzene rings is 1. The molecule has 0 aliphatic carbocycles. The highest BCUT2D eigenvalue weighted by molar-refractivity contribution is 6.33. The molecule has 1 saturated heterocycles. The van der Waals surface area contributed by atoms with Gasteiger partial charge in [0.05, 0.1) is 23.6 Å². The zero-order chi connectivity index (χ0) is 21.0. The summed E-state index contributed by atoms with van der Waals surface area (Å²) in [7, 11) is 1.57. The Labute approximate surface area is 171 Å². The van der Waals surface area contributed by atoms with Crippen molar-refractivity contribution in [1.82, 2.24) is 4.98 Å². The fourth-order valence-corrected chi connectivity index (χ4v) is 3.47. The van der Waals surface area contributed by atoms with Crippen molar-refractivity contribution >= 4 is 23.4 Å². The molecule has 0 radical (unpaired) electrons. The van der Waals surface area contributed by atoms with E-state index in [0.29, 0.717) is 37.5 Å². The largest absolute Gasteiger partial charge is 0.497 e. The summed E-state index contributed by atoms with van der Waals surface area (Å²) in [4.78, 5) is 18.0. The summed E-state index contributed by atoms with van der Waals surface area (Å²) in [6, 6.07) is 8.14. The average molecular weight is 429 g/mol. The van der Waals surface area contributed by atoms with Crippen LogP contribution in [0.15, 0.2) is 36.5 Å². The molecule has 1 fully saturated rings. The fraction of sp³-hybridized carbons (Fsp3) is 0.400. The van der Waals surface area contributed by atoms with Gasteiger partial charge in [0.15, 0.2) is 0 Å². The van der Waals surface area contributed by atoms with Gasteiger partial charge in [-0.3, -0.25) is 4.79 Å². The number of hydrogen-bond acceptors (Lipinski definition) is 5. The fourth-order valence-electron chi connectivity index (χ4n) is 3.18. The molecule has 0 N–H and O–H groups in total. The standard InChI is InChI=1S/C20H20ClF3N2O3/c1-28-16-4-2-3-13(9-16)12-29-19(27)14-5-7-26(8-6-14)18-17(21)10-15(11-25-18)20(22,23)24/h2-4,9-11,14H,5-8,12H2,1H3. The molecule has 1 aromatic carbocycles. The molecule has 1 aromatic heterocycles. The van der Waals surface area contributed by atoms with Gasteiger partial charge in [-0.25, -0.2) is 4.98 Å². The van der Waals surface area contributed by atoms with E-state index in [0.717, 1.165) is 17.8 Å². The topological polar surface area (TPSA) is 51.7 Å². The van der Waals surface area contributed by atoms with Crippen molar-refractivity contribution in [1.29, 1.82) is 0 Å². The Balaban J connectivity index is 1.54. The predicted molar refractivity (Wildman–Crippen MR) is 102 cm³/mol. The quantitative estimate of drug-likeness (QED) is 0.645. The van der Waals surface area contributed by atoms with Crippen molar-refractivity contribution < 1.29 is 27.4 Å². The maximum Gasteiger partial charge on any atom is 0.417 e. The number of anilines is 1. The summed E-state index contributed by atoms with van der Waals surface area (Å²) in [5.74, 6) is 0.416. The van der Waals surface area contributed by atoms with Crippen LogP contribution in [0.25, 0.3) is 0 Å². The Morgan fingerprint density at radius 2 is 2.00 bits per heavy atom. The third-order valence-corrected chi connectivity index (χ3v) is 5.07. The number of piperidine rings is 1. The number of carbonyl (C=O) groups excluding carboxylic acids is 1. The lowest BCUT2D eigenvalue weighted by Gasteiger charge is -2.32. The number of halogens is 4. The second-order valence-electron chi connectivity index (χ2n) is 6.75. The Bertz CT molecular complexity index is 868. The van der Waals surface area contributed by atoms with Gasteiger partial charge in [-0.2, -0.15) is 13.2 Å². The van der Waals surface area contributed by atoms with Crippen LogP contribution in [-0.2, 0) is 22.3 Å². The van der Waals surface area contributed by atoms with Gasteiger partial charge in [0.2, 0.25) is 0 Å². The summed E-state index contributed by atoms with van der Waals surface area (Å²) in [5.41, 5.74) is -0.0573. The number of hydrogen-bond donors (Lipinski definition) is 0. The van der Waals surface area contributed by atoms with E-state index in [1.807, 2.05) is 12.1 Å². The number of nitrogens with zero attached hydrogens (tertiary/aromatic N) is 2. The highest BCUT2D eigenvalue weighted by atomic mass is 35.5. The summed E-state index contributed by atoms with van der Waals surface area (Å²) >= 11 is 6.00. The molecule has 3 rings (SSSR count). The lowest BCUT2D eigenvalue weighted by Crippen LogP contribution is -2.37. The monoisotopic (exact) mass is 428 g/mol. The maximum atomic E-state index is 12.7. The minimum atomic E-state index is -4.49. The van der Waals surface area contributed by atoms with Gasteiger partial charge >= 0.3 is 12.1 Å². The van der Waals surface area contributed by atoms with E-state index in [-0.39, 0.29) is 23.5 Å². The van der Waals surface area contributed by atoms with E-state index < -0.39 is 11.7 Å². The number of aromatic nitrogens is 1. The summed E-state index contributed by atoms with van der Waals surface area (Å²) in [6.45, 7) is 1.07. The molecule has 1 aliphatic heterocycles. The van der Waals surface area contributed by atoms with E-state index in [4.69, 9.17) is 21.1 Å². The van der Waals surface area contributed by atoms with Crippen molar-refractivity contribution in [2.75, 3.05) is 25.1 Å². The first-order valence-electron chi connectivity index (χ1n) is 9.05. The first-order chi connectivity index (χ1) is 13.8. The first kappa shape index (κ1) is 21.2. The van der Waals surface area contributed by atoms with E-state index in [9.17, 15) is 18.0 Å². The third-order valence-electron chi connectivity index (χ3n) is 4.79. The van der Waals surface area contributed by atoms with E-state index in [2.05, 4.69) is 4.98 Å². The summed E-state index contributed by atoms with van der Waals surface area (Å²) < 4.78 is 48.8. The lowest BCUT2D eigenvalue weighted by molar-refractivity contribution is -0.150. The Hall–Kier alpha value is -2.48. The molecule has 2 aromatic rings. The second kappa shape index (κ2) is 8.90. The zero-order valence-electron chi connectivity index (χ0n) is 15.7. The van der Waals surface area contributed by atoms with Crippen LogP contribution in [0, 0.1) is 5.92 Å². The van der Waals surface area contributed by atoms with Crippen molar-refractivity contribution in [2.24, 2.45) is 5.92 Å². The SMILES string of the molecule is COc1cccc(COC(=O)C2CCN(c3ncc(C(F)(F)F)cc3Cl)CC2)c1. The van der Waals surface area contributed by atoms with Crippen LogP contribution in [0.5, 0.6) is 5.75 Å². The second-order valence-corrected chi connectivity index (χ2v) is 7.15. The van der Waals surface area contributed by atoms with E-state index in [1.54, 1.807) is 24.1 Å². The molecule has 0 spiro atoms. The highest BCUT2D eigenvalue weighted by Gasteiger charge is 2.33. The van der Waals surface area contributed by atoms with Gasteiger partial charge in [-0.1, -0.05) is 23.7 Å². The van der Waals surface area contributed by atoms with Crippen LogP contribution in [0.2, 0.25) is 5.02 Å². The van der Waals surface area contributed by atoms with Gasteiger partial charge in [0.1, 0.15) is 18.2 Å². The Morgan fingerprint density at radius 3 is 2.62 bits per heavy atom. The van der Waals surface area contributed by atoms with Crippen molar-refractivity contribution in [2.45, 2.75) is 25.6 Å². The van der Waals surface area contributed by atoms with Gasteiger partial charge in [-0.15, -0.1) is 0 Å². The van der Waals surface area contributed by atoms with E-state index in [1.165, 1.54) is 0 Å². The molecular formula is C20H20ClF3N2O3. The van der Waals surface area contributed by atoms with Crippen LogP contribution in [0.1, 0.15) is 24.0 Å². The van der Waals surface area contributed by atoms with Crippen LogP contribution >= 0.6 is 11.6 Å². The minimum Gasteiger partial charge on any atom is -0.497 e. The van der Waals surface area contributed by atoms with Gasteiger partial charge < -0.3 is 14.4 Å². The molecule has 0 saturated carbocycles. The van der Waals surface area contributed by atoms with Crippen LogP contribution in [0.3, 0.4) is 0 Å². The lowest BCUT2D eigenvalue weighted by atomic mass is 9.97. The summed E-state index contributed by atoms with van der Waals surface area (Å²) in [5, 5.41) is -0.0566. The van der Waals surface area contributed by atoms with Gasteiger partial charge in [0.25, 0.3) is 0 Å². The normalized spacial score (nSPS) is 15.3. The molecule has 0 unspecified atom stereocenters. The Kier molecular flexibility index (Phi) is 6.52. The first-order valence-corrected chi connectivity index (χ1v) is 9.43. The van der Waals surface area contributed by atoms with Crippen molar-refractivity contribution in [3.63, 3.8) is 0 Å². The molecule has 29 heavy (non-hydrogen) atoms. The number of esters is 1. The summed E-state index contributed by atoms with van der Waals surface area (Å²) in [6.07, 6.45) is -2.70.